The summed E-state index contributed by atoms with van der Waals surface area (Å²) in [5, 5.41) is 4.56. The molecular formula is C76H51NO2. The molecule has 0 spiro atoms. The second-order valence-corrected chi connectivity index (χ2v) is 21.9. The fraction of sp³-hybridized carbons (Fsp3) is 0.0526. The number of hydrogen-bond donors (Lipinski definition) is 0. The Morgan fingerprint density at radius 2 is 0.823 bits per heavy atom. The molecule has 2 aliphatic carbocycles. The first-order chi connectivity index (χ1) is 38.9. The van der Waals surface area contributed by atoms with Gasteiger partial charge < -0.3 is 13.7 Å². The topological polar surface area (TPSA) is 29.5 Å². The lowest BCUT2D eigenvalue weighted by Gasteiger charge is -2.35. The van der Waals surface area contributed by atoms with Crippen LogP contribution in [-0.4, -0.2) is 0 Å². The fourth-order valence-electron chi connectivity index (χ4n) is 13.7. The zero-order valence-corrected chi connectivity index (χ0v) is 43.7. The monoisotopic (exact) mass is 1010 g/mol. The van der Waals surface area contributed by atoms with Gasteiger partial charge in [-0.15, -0.1) is 0 Å². The van der Waals surface area contributed by atoms with Crippen molar-refractivity contribution in [1.82, 2.24) is 0 Å². The Labute approximate surface area is 458 Å². The van der Waals surface area contributed by atoms with E-state index >= 15 is 0 Å². The number of hydrogen-bond acceptors (Lipinski definition) is 3. The summed E-state index contributed by atoms with van der Waals surface area (Å²) < 4.78 is 13.0. The van der Waals surface area contributed by atoms with E-state index in [2.05, 4.69) is 280 Å². The van der Waals surface area contributed by atoms with Gasteiger partial charge in [-0.25, -0.2) is 0 Å². The Morgan fingerprint density at radius 3 is 1.53 bits per heavy atom. The molecule has 0 fully saturated rings. The van der Waals surface area contributed by atoms with Gasteiger partial charge in [0.15, 0.2) is 0 Å². The Balaban J connectivity index is 0.895. The van der Waals surface area contributed by atoms with E-state index in [1.54, 1.807) is 0 Å². The van der Waals surface area contributed by atoms with Crippen molar-refractivity contribution < 1.29 is 8.83 Å². The molecule has 0 saturated heterocycles. The minimum atomic E-state index is -0.627. The van der Waals surface area contributed by atoms with E-state index in [1.165, 1.54) is 72.3 Å². The van der Waals surface area contributed by atoms with E-state index in [4.69, 9.17) is 8.83 Å². The normalized spacial score (nSPS) is 14.9. The Hall–Kier alpha value is -9.96. The van der Waals surface area contributed by atoms with Crippen molar-refractivity contribution in [2.75, 3.05) is 4.90 Å². The van der Waals surface area contributed by atoms with Gasteiger partial charge in [0.25, 0.3) is 0 Å². The number of anilines is 3. The predicted octanol–water partition coefficient (Wildman–Crippen LogP) is 20.6. The molecule has 1 unspecified atom stereocenters. The first-order valence-corrected chi connectivity index (χ1v) is 27.4. The van der Waals surface area contributed by atoms with Crippen LogP contribution in [0.1, 0.15) is 47.2 Å². The predicted molar refractivity (Wildman–Crippen MR) is 327 cm³/mol. The van der Waals surface area contributed by atoms with Crippen LogP contribution in [0.2, 0.25) is 0 Å². The molecule has 0 amide bonds. The first kappa shape index (κ1) is 45.3. The number of para-hydroxylation sites is 2. The highest BCUT2D eigenvalue weighted by atomic mass is 16.3. The molecule has 0 N–H and O–H groups in total. The fourth-order valence-corrected chi connectivity index (χ4v) is 13.7. The molecule has 0 saturated carbocycles. The Bertz CT molecular complexity index is 4680. The quantitative estimate of drug-likeness (QED) is 0.152. The van der Waals surface area contributed by atoms with Gasteiger partial charge in [-0.3, -0.25) is 0 Å². The van der Waals surface area contributed by atoms with Crippen LogP contribution in [0, 0.1) is 0 Å². The van der Waals surface area contributed by atoms with Crippen molar-refractivity contribution in [3.63, 3.8) is 0 Å². The van der Waals surface area contributed by atoms with E-state index in [0.29, 0.717) is 0 Å². The van der Waals surface area contributed by atoms with Crippen LogP contribution < -0.4 is 4.90 Å². The van der Waals surface area contributed by atoms with Crippen LogP contribution in [0.4, 0.5) is 17.1 Å². The third-order valence-electron chi connectivity index (χ3n) is 17.3. The zero-order chi connectivity index (χ0) is 52.4. The summed E-state index contributed by atoms with van der Waals surface area (Å²) in [6.45, 7) is 4.75. The summed E-state index contributed by atoms with van der Waals surface area (Å²) >= 11 is 0. The van der Waals surface area contributed by atoms with Crippen LogP contribution in [-0.2, 0) is 10.8 Å². The molecule has 3 nitrogen and oxygen atoms in total. The highest BCUT2D eigenvalue weighted by Crippen LogP contribution is 2.59. The van der Waals surface area contributed by atoms with Gasteiger partial charge in [0.2, 0.25) is 0 Å². The van der Waals surface area contributed by atoms with Gasteiger partial charge in [0.1, 0.15) is 22.3 Å². The summed E-state index contributed by atoms with van der Waals surface area (Å²) in [7, 11) is 0. The number of furan rings is 2. The van der Waals surface area contributed by atoms with Gasteiger partial charge in [-0.2, -0.15) is 0 Å². The molecule has 12 aromatic carbocycles. The van der Waals surface area contributed by atoms with E-state index in [-0.39, 0.29) is 5.41 Å². The molecule has 0 radical (unpaired) electrons. The maximum Gasteiger partial charge on any atom is 0.136 e. The molecule has 79 heavy (non-hydrogen) atoms. The van der Waals surface area contributed by atoms with Crippen molar-refractivity contribution >= 4 is 60.9 Å². The molecule has 0 aliphatic heterocycles. The minimum absolute atomic E-state index is 0.286. The summed E-state index contributed by atoms with van der Waals surface area (Å²) in [6.07, 6.45) is 0. The van der Waals surface area contributed by atoms with Crippen LogP contribution >= 0.6 is 0 Å². The molecule has 14 aromatic rings. The maximum atomic E-state index is 6.50. The van der Waals surface area contributed by atoms with Gasteiger partial charge in [-0.1, -0.05) is 208 Å². The average molecular weight is 1010 g/mol. The van der Waals surface area contributed by atoms with E-state index in [9.17, 15) is 0 Å². The lowest BCUT2D eigenvalue weighted by Crippen LogP contribution is -2.28. The zero-order valence-electron chi connectivity index (χ0n) is 43.7. The largest absolute Gasteiger partial charge is 0.456 e. The second kappa shape index (κ2) is 17.3. The molecule has 2 aromatic heterocycles. The van der Waals surface area contributed by atoms with Crippen LogP contribution in [0.3, 0.4) is 0 Å². The average Bonchev–Trinajstić information content (AvgIpc) is 3.99. The van der Waals surface area contributed by atoms with Gasteiger partial charge >= 0.3 is 0 Å². The lowest BCUT2D eigenvalue weighted by molar-refractivity contribution is 0.658. The summed E-state index contributed by atoms with van der Waals surface area (Å²) in [4.78, 5) is 2.47. The molecule has 372 valence electrons. The van der Waals surface area contributed by atoms with E-state index in [0.717, 1.165) is 77.6 Å². The van der Waals surface area contributed by atoms with Crippen LogP contribution in [0.15, 0.2) is 282 Å². The van der Waals surface area contributed by atoms with Gasteiger partial charge in [-0.05, 0) is 168 Å². The minimum Gasteiger partial charge on any atom is -0.456 e. The van der Waals surface area contributed by atoms with Crippen molar-refractivity contribution in [3.8, 4) is 55.6 Å². The smallest absolute Gasteiger partial charge is 0.136 e. The molecule has 3 heteroatoms. The van der Waals surface area contributed by atoms with E-state index in [1.807, 2.05) is 12.1 Å². The summed E-state index contributed by atoms with van der Waals surface area (Å²) in [5.41, 5.74) is 25.4. The third-order valence-corrected chi connectivity index (χ3v) is 17.3. The summed E-state index contributed by atoms with van der Waals surface area (Å²) in [5.74, 6) is 0. The van der Waals surface area contributed by atoms with Crippen molar-refractivity contribution in [2.24, 2.45) is 0 Å². The molecule has 2 aliphatic rings. The lowest BCUT2D eigenvalue weighted by atomic mass is 9.67. The Morgan fingerprint density at radius 1 is 0.278 bits per heavy atom. The second-order valence-electron chi connectivity index (χ2n) is 21.9. The van der Waals surface area contributed by atoms with Crippen molar-refractivity contribution in [2.45, 2.75) is 24.7 Å². The third kappa shape index (κ3) is 6.79. The number of nitrogens with zero attached hydrogens (tertiary/aromatic N) is 1. The van der Waals surface area contributed by atoms with Crippen molar-refractivity contribution in [3.05, 3.63) is 306 Å². The SMILES string of the molecule is CC1(C)c2cc(N(c3ccc(C4(c5ccccc5)c5ccccc5-c5c(-c6ccc7c(c6)oc6ccccc67)cccc54)cc3)c3cc(-c4ccccc4)cc(-c4ccccc4)c3)ccc2-c2cc3oc4ccccc4c3cc21. The van der Waals surface area contributed by atoms with Crippen LogP contribution in [0.5, 0.6) is 0 Å². The van der Waals surface area contributed by atoms with Gasteiger partial charge in [0.05, 0.1) is 5.41 Å². The van der Waals surface area contributed by atoms with Gasteiger partial charge in [0, 0.05) is 44.0 Å². The molecule has 0 bridgehead atoms. The molecule has 1 atom stereocenters. The van der Waals surface area contributed by atoms with Crippen molar-refractivity contribution in [1.29, 1.82) is 0 Å². The number of fused-ring (bicyclic) bond motifs is 12. The summed E-state index contributed by atoms with van der Waals surface area (Å²) in [6, 6.07) is 100. The van der Waals surface area contributed by atoms with E-state index < -0.39 is 5.41 Å². The molecule has 2 heterocycles. The maximum absolute atomic E-state index is 6.50. The standard InChI is InChI=1S/C76H51NO2/c1-75(2)68-45-56(38-40-59(68)64-47-73-65(46-69(64)75)61-26-14-17-32-71(61)79-73)77(57-42-51(48-19-6-3-7-20-48)41-52(43-57)49-21-8-4-9-22-49)55-36-34-54(35-37-55)76(53-23-10-5-11-24-53)66-29-15-12-27-63(66)74-58(28-18-30-67(74)76)50-33-39-62-60-25-13-16-31-70(60)78-72(62)44-50/h3-47H,1-2H3. The number of rotatable bonds is 8. The number of benzene rings is 12. The highest BCUT2D eigenvalue weighted by molar-refractivity contribution is 6.09. The first-order valence-electron chi connectivity index (χ1n) is 27.4. The highest BCUT2D eigenvalue weighted by Gasteiger charge is 2.47. The molecule has 16 rings (SSSR count). The Kier molecular flexibility index (Phi) is 9.90. The molecular weight excluding hydrogens is 959 g/mol. The van der Waals surface area contributed by atoms with Crippen LogP contribution in [0.25, 0.3) is 99.5 Å².